The van der Waals surface area contributed by atoms with Crippen molar-refractivity contribution < 1.29 is 9.53 Å². The molecule has 146 valence electrons. The van der Waals surface area contributed by atoms with E-state index < -0.39 is 0 Å². The zero-order valence-corrected chi connectivity index (χ0v) is 16.9. The van der Waals surface area contributed by atoms with Gasteiger partial charge in [0, 0.05) is 24.4 Å². The number of carbonyl (C=O) groups excluding carboxylic acids is 1. The molecule has 1 heterocycles. The highest BCUT2D eigenvalue weighted by atomic mass is 16.5. The summed E-state index contributed by atoms with van der Waals surface area (Å²) >= 11 is 0. The molecule has 1 atom stereocenters. The fraction of sp³-hybridized carbons (Fsp3) is 0.522. The number of nitrogens with zero attached hydrogens (tertiary/aromatic N) is 2. The van der Waals surface area contributed by atoms with E-state index in [9.17, 15) is 4.79 Å². The van der Waals surface area contributed by atoms with Gasteiger partial charge in [-0.1, -0.05) is 46.5 Å². The average molecular weight is 369 g/mol. The van der Waals surface area contributed by atoms with E-state index in [1.165, 1.54) is 24.8 Å². The second kappa shape index (κ2) is 11.5. The predicted molar refractivity (Wildman–Crippen MR) is 110 cm³/mol. The molecule has 0 spiro atoms. The molecule has 0 fully saturated rings. The lowest BCUT2D eigenvalue weighted by Gasteiger charge is -2.08. The smallest absolute Gasteiger partial charge is 0.311 e. The molecule has 27 heavy (non-hydrogen) atoms. The van der Waals surface area contributed by atoms with Crippen LogP contribution in [0.5, 0.6) is 5.75 Å². The van der Waals surface area contributed by atoms with Gasteiger partial charge in [0.25, 0.3) is 0 Å². The number of unbranched alkanes of at least 4 members (excludes halogenated alkanes) is 2. The Morgan fingerprint density at radius 3 is 2.37 bits per heavy atom. The molecule has 1 aromatic heterocycles. The summed E-state index contributed by atoms with van der Waals surface area (Å²) < 4.78 is 5.42. The Labute approximate surface area is 163 Å². The summed E-state index contributed by atoms with van der Waals surface area (Å²) in [6.07, 6.45) is 11.9. The number of hydrogen-bond acceptors (Lipinski definition) is 4. The molecule has 0 saturated heterocycles. The molecule has 2 rings (SSSR count). The maximum Gasteiger partial charge on any atom is 0.311 e. The van der Waals surface area contributed by atoms with Gasteiger partial charge in [0.1, 0.15) is 5.75 Å². The number of ether oxygens (including phenoxy) is 1. The van der Waals surface area contributed by atoms with Gasteiger partial charge in [-0.2, -0.15) is 0 Å². The lowest BCUT2D eigenvalue weighted by atomic mass is 10.0. The molecule has 0 aliphatic heterocycles. The van der Waals surface area contributed by atoms with Crippen molar-refractivity contribution in [2.45, 2.75) is 72.1 Å². The molecule has 0 amide bonds. The molecule has 0 saturated carbocycles. The second-order valence-electron chi connectivity index (χ2n) is 7.28. The van der Waals surface area contributed by atoms with Crippen LogP contribution in [0.2, 0.25) is 0 Å². The zero-order valence-electron chi connectivity index (χ0n) is 16.9. The molecular formula is C23H32N2O2. The molecule has 0 radical (unpaired) electrons. The van der Waals surface area contributed by atoms with E-state index in [-0.39, 0.29) is 5.97 Å². The minimum Gasteiger partial charge on any atom is -0.427 e. The van der Waals surface area contributed by atoms with Crippen LogP contribution in [0.3, 0.4) is 0 Å². The summed E-state index contributed by atoms with van der Waals surface area (Å²) in [5.41, 5.74) is 2.09. The summed E-state index contributed by atoms with van der Waals surface area (Å²) in [6, 6.07) is 7.40. The minimum absolute atomic E-state index is 0.163. The molecular weight excluding hydrogens is 336 g/mol. The van der Waals surface area contributed by atoms with Crippen molar-refractivity contribution in [2.24, 2.45) is 5.92 Å². The van der Waals surface area contributed by atoms with Crippen LogP contribution in [0.25, 0.3) is 11.4 Å². The van der Waals surface area contributed by atoms with Gasteiger partial charge in [-0.05, 0) is 55.0 Å². The summed E-state index contributed by atoms with van der Waals surface area (Å²) in [7, 11) is 0. The molecule has 0 aliphatic carbocycles. The van der Waals surface area contributed by atoms with Crippen molar-refractivity contribution in [3.8, 4) is 17.1 Å². The Hall–Kier alpha value is -2.23. The van der Waals surface area contributed by atoms with Gasteiger partial charge in [-0.3, -0.25) is 4.79 Å². The molecule has 1 unspecified atom stereocenters. The number of rotatable bonds is 11. The maximum absolute atomic E-state index is 12.0. The van der Waals surface area contributed by atoms with Gasteiger partial charge in [0.2, 0.25) is 0 Å². The van der Waals surface area contributed by atoms with Crippen LogP contribution in [0.1, 0.15) is 71.3 Å². The van der Waals surface area contributed by atoms with Crippen LogP contribution < -0.4 is 4.74 Å². The van der Waals surface area contributed by atoms with Crippen LogP contribution >= 0.6 is 0 Å². The van der Waals surface area contributed by atoms with Crippen LogP contribution in [0.4, 0.5) is 0 Å². The van der Waals surface area contributed by atoms with Gasteiger partial charge in [-0.25, -0.2) is 9.97 Å². The number of carbonyl (C=O) groups is 1. The first-order valence-corrected chi connectivity index (χ1v) is 10.2. The molecule has 0 N–H and O–H groups in total. The van der Waals surface area contributed by atoms with E-state index in [2.05, 4.69) is 30.7 Å². The normalized spacial score (nSPS) is 12.0. The average Bonchev–Trinajstić information content (AvgIpc) is 2.70. The van der Waals surface area contributed by atoms with Gasteiger partial charge in [0.15, 0.2) is 5.82 Å². The number of aromatic nitrogens is 2. The van der Waals surface area contributed by atoms with Gasteiger partial charge in [-0.15, -0.1) is 0 Å². The highest BCUT2D eigenvalue weighted by Gasteiger charge is 2.07. The molecule has 4 nitrogen and oxygen atoms in total. The van der Waals surface area contributed by atoms with Gasteiger partial charge in [0.05, 0.1) is 0 Å². The number of esters is 1. The third-order valence-corrected chi connectivity index (χ3v) is 4.89. The van der Waals surface area contributed by atoms with Crippen molar-refractivity contribution >= 4 is 5.97 Å². The standard InChI is InChI=1S/C23H32N2O2/c1-4-6-10-19-16-24-23(25-17-19)20-12-14-21(15-13-20)27-22(26)11-8-7-9-18(3)5-2/h12-18H,4-11H2,1-3H3. The summed E-state index contributed by atoms with van der Waals surface area (Å²) in [4.78, 5) is 20.8. The van der Waals surface area contributed by atoms with Crippen molar-refractivity contribution in [3.05, 3.63) is 42.2 Å². The highest BCUT2D eigenvalue weighted by Crippen LogP contribution is 2.20. The Bertz CT molecular complexity index is 681. The Kier molecular flexibility index (Phi) is 8.96. The summed E-state index contributed by atoms with van der Waals surface area (Å²) in [6.45, 7) is 6.63. The van der Waals surface area contributed by atoms with E-state index in [1.807, 2.05) is 24.5 Å². The van der Waals surface area contributed by atoms with Crippen molar-refractivity contribution in [2.75, 3.05) is 0 Å². The molecule has 0 aliphatic rings. The first-order valence-electron chi connectivity index (χ1n) is 10.2. The number of benzene rings is 1. The Morgan fingerprint density at radius 2 is 1.74 bits per heavy atom. The monoisotopic (exact) mass is 368 g/mol. The third kappa shape index (κ3) is 7.49. The van der Waals surface area contributed by atoms with Crippen LogP contribution in [0, 0.1) is 5.92 Å². The number of hydrogen-bond donors (Lipinski definition) is 0. The highest BCUT2D eigenvalue weighted by molar-refractivity contribution is 5.72. The van der Waals surface area contributed by atoms with Gasteiger partial charge >= 0.3 is 5.97 Å². The van der Waals surface area contributed by atoms with Gasteiger partial charge < -0.3 is 4.74 Å². The van der Waals surface area contributed by atoms with E-state index >= 15 is 0 Å². The topological polar surface area (TPSA) is 52.1 Å². The fourth-order valence-electron chi connectivity index (χ4n) is 2.83. The third-order valence-electron chi connectivity index (χ3n) is 4.89. The quantitative estimate of drug-likeness (QED) is 0.277. The van der Waals surface area contributed by atoms with Crippen LogP contribution in [0.15, 0.2) is 36.7 Å². The first-order chi connectivity index (χ1) is 13.1. The largest absolute Gasteiger partial charge is 0.427 e. The first kappa shape index (κ1) is 21.1. The van der Waals surface area contributed by atoms with Crippen LogP contribution in [-0.4, -0.2) is 15.9 Å². The lowest BCUT2D eigenvalue weighted by molar-refractivity contribution is -0.134. The Balaban J connectivity index is 1.81. The fourth-order valence-corrected chi connectivity index (χ4v) is 2.83. The Morgan fingerprint density at radius 1 is 1.04 bits per heavy atom. The number of aryl methyl sites for hydroxylation is 1. The van der Waals surface area contributed by atoms with Crippen molar-refractivity contribution in [1.82, 2.24) is 9.97 Å². The van der Waals surface area contributed by atoms with E-state index in [4.69, 9.17) is 4.74 Å². The SMILES string of the molecule is CCCCc1cnc(-c2ccc(OC(=O)CCCCC(C)CC)cc2)nc1. The zero-order chi connectivity index (χ0) is 19.5. The summed E-state index contributed by atoms with van der Waals surface area (Å²) in [5, 5.41) is 0. The van der Waals surface area contributed by atoms with E-state index in [0.29, 0.717) is 18.0 Å². The van der Waals surface area contributed by atoms with E-state index in [0.717, 1.165) is 37.2 Å². The second-order valence-corrected chi connectivity index (χ2v) is 7.28. The summed E-state index contributed by atoms with van der Waals surface area (Å²) in [5.74, 6) is 1.84. The molecule has 1 aromatic carbocycles. The maximum atomic E-state index is 12.0. The van der Waals surface area contributed by atoms with Crippen LogP contribution in [-0.2, 0) is 11.2 Å². The van der Waals surface area contributed by atoms with E-state index in [1.54, 1.807) is 12.1 Å². The molecule has 4 heteroatoms. The van der Waals surface area contributed by atoms with Crippen molar-refractivity contribution in [3.63, 3.8) is 0 Å². The lowest BCUT2D eigenvalue weighted by Crippen LogP contribution is -2.07. The molecule has 0 bridgehead atoms. The minimum atomic E-state index is -0.163. The molecule has 2 aromatic rings. The van der Waals surface area contributed by atoms with Crippen molar-refractivity contribution in [1.29, 1.82) is 0 Å². The predicted octanol–water partition coefficient (Wildman–Crippen LogP) is 6.00.